The SMILES string of the molecule is COc1cc2c(cc1OC)[C@H]1C[C@](O)(C#CCOC(C)(C)C(C)(C)C)[C@H](CC(C)C)CN1CC2. The van der Waals surface area contributed by atoms with E-state index in [0.717, 1.165) is 37.4 Å². The van der Waals surface area contributed by atoms with Crippen molar-refractivity contribution in [3.8, 4) is 23.3 Å². The first kappa shape index (κ1) is 26.9. The second-order valence-electron chi connectivity index (χ2n) is 12.0. The van der Waals surface area contributed by atoms with E-state index in [4.69, 9.17) is 14.2 Å². The lowest BCUT2D eigenvalue weighted by Crippen LogP contribution is -2.54. The molecule has 34 heavy (non-hydrogen) atoms. The predicted molar refractivity (Wildman–Crippen MR) is 137 cm³/mol. The molecule has 1 aromatic carbocycles. The fraction of sp³-hybridized carbons (Fsp3) is 0.724. The number of hydrogen-bond acceptors (Lipinski definition) is 5. The first-order valence-electron chi connectivity index (χ1n) is 12.7. The number of rotatable bonds is 6. The zero-order chi connectivity index (χ0) is 25.3. The molecule has 1 fully saturated rings. The summed E-state index contributed by atoms with van der Waals surface area (Å²) >= 11 is 0. The lowest BCUT2D eigenvalue weighted by atomic mass is 9.71. The second kappa shape index (κ2) is 10.1. The van der Waals surface area contributed by atoms with Crippen LogP contribution in [-0.2, 0) is 11.2 Å². The number of methoxy groups -OCH3 is 2. The third kappa shape index (κ3) is 5.56. The van der Waals surface area contributed by atoms with E-state index in [-0.39, 0.29) is 23.0 Å². The van der Waals surface area contributed by atoms with Crippen LogP contribution < -0.4 is 9.47 Å². The highest BCUT2D eigenvalue weighted by Gasteiger charge is 2.47. The van der Waals surface area contributed by atoms with Gasteiger partial charge in [0.05, 0.1) is 19.8 Å². The Morgan fingerprint density at radius 3 is 2.35 bits per heavy atom. The van der Waals surface area contributed by atoms with Crippen LogP contribution in [0.1, 0.15) is 78.5 Å². The summed E-state index contributed by atoms with van der Waals surface area (Å²) in [6.07, 6.45) is 2.50. The zero-order valence-corrected chi connectivity index (χ0v) is 22.7. The van der Waals surface area contributed by atoms with Gasteiger partial charge in [0, 0.05) is 31.5 Å². The largest absolute Gasteiger partial charge is 0.493 e. The van der Waals surface area contributed by atoms with Crippen molar-refractivity contribution in [2.24, 2.45) is 17.3 Å². The number of fused-ring (bicyclic) bond motifs is 3. The predicted octanol–water partition coefficient (Wildman–Crippen LogP) is 5.24. The van der Waals surface area contributed by atoms with Crippen molar-refractivity contribution in [3.63, 3.8) is 0 Å². The molecule has 0 aromatic heterocycles. The van der Waals surface area contributed by atoms with Gasteiger partial charge in [0.1, 0.15) is 12.2 Å². The Hall–Kier alpha value is -1.74. The quantitative estimate of drug-likeness (QED) is 0.575. The van der Waals surface area contributed by atoms with E-state index in [2.05, 4.69) is 77.3 Å². The molecule has 0 saturated carbocycles. The molecule has 0 spiro atoms. The maximum Gasteiger partial charge on any atom is 0.161 e. The number of benzene rings is 1. The molecule has 0 unspecified atom stereocenters. The normalized spacial score (nSPS) is 25.3. The number of nitrogens with zero attached hydrogens (tertiary/aromatic N) is 1. The number of ether oxygens (including phenoxy) is 3. The summed E-state index contributed by atoms with van der Waals surface area (Å²) in [7, 11) is 3.35. The molecule has 0 aliphatic carbocycles. The smallest absolute Gasteiger partial charge is 0.161 e. The van der Waals surface area contributed by atoms with Gasteiger partial charge >= 0.3 is 0 Å². The van der Waals surface area contributed by atoms with Gasteiger partial charge in [0.2, 0.25) is 0 Å². The van der Waals surface area contributed by atoms with E-state index < -0.39 is 5.60 Å². The Balaban J connectivity index is 1.89. The highest BCUT2D eigenvalue weighted by Crippen LogP contribution is 2.47. The molecule has 2 aliphatic heterocycles. The Morgan fingerprint density at radius 1 is 1.12 bits per heavy atom. The second-order valence-corrected chi connectivity index (χ2v) is 12.0. The Morgan fingerprint density at radius 2 is 1.76 bits per heavy atom. The van der Waals surface area contributed by atoms with Crippen molar-refractivity contribution in [1.29, 1.82) is 0 Å². The summed E-state index contributed by atoms with van der Waals surface area (Å²) in [5.74, 6) is 8.59. The highest BCUT2D eigenvalue weighted by atomic mass is 16.5. The van der Waals surface area contributed by atoms with Crippen LogP contribution in [0.5, 0.6) is 11.5 Å². The molecule has 5 nitrogen and oxygen atoms in total. The summed E-state index contributed by atoms with van der Waals surface area (Å²) in [5, 5.41) is 11.9. The average Bonchev–Trinajstić information content (AvgIpc) is 2.75. The molecule has 1 N–H and O–H groups in total. The highest BCUT2D eigenvalue weighted by molar-refractivity contribution is 5.50. The molecule has 3 rings (SSSR count). The minimum Gasteiger partial charge on any atom is -0.493 e. The molecule has 0 radical (unpaired) electrons. The lowest BCUT2D eigenvalue weighted by molar-refractivity contribution is -0.0779. The van der Waals surface area contributed by atoms with Crippen LogP contribution in [0.3, 0.4) is 0 Å². The number of hydrogen-bond donors (Lipinski definition) is 1. The summed E-state index contributed by atoms with van der Waals surface area (Å²) in [5.41, 5.74) is 1.14. The molecule has 3 atom stereocenters. The van der Waals surface area contributed by atoms with Crippen molar-refractivity contribution in [1.82, 2.24) is 4.90 Å². The van der Waals surface area contributed by atoms with Crippen LogP contribution in [0.15, 0.2) is 12.1 Å². The van der Waals surface area contributed by atoms with Gasteiger partial charge in [-0.05, 0) is 61.3 Å². The van der Waals surface area contributed by atoms with Crippen LogP contribution in [0, 0.1) is 29.1 Å². The molecule has 2 heterocycles. The molecule has 5 heteroatoms. The standard InChI is InChI=1S/C29H45NO4/c1-20(2)15-22-19-30-13-11-21-16-25(32-8)26(33-9)17-23(21)24(30)18-29(22,31)12-10-14-34-28(6,7)27(3,4)5/h16-17,20,22,24,31H,11,13-15,18-19H2,1-9H3/t22-,24-,29-/m1/s1. The van der Waals surface area contributed by atoms with Crippen LogP contribution in [0.2, 0.25) is 0 Å². The molecule has 1 aromatic rings. The van der Waals surface area contributed by atoms with Gasteiger partial charge < -0.3 is 19.3 Å². The van der Waals surface area contributed by atoms with E-state index in [1.807, 2.05) is 0 Å². The minimum atomic E-state index is -1.05. The number of aliphatic hydroxyl groups is 1. The van der Waals surface area contributed by atoms with Gasteiger partial charge in [0.15, 0.2) is 11.5 Å². The molecular weight excluding hydrogens is 426 g/mol. The molecule has 190 valence electrons. The van der Waals surface area contributed by atoms with Gasteiger partial charge in [-0.1, -0.05) is 46.5 Å². The fourth-order valence-corrected chi connectivity index (χ4v) is 5.05. The summed E-state index contributed by atoms with van der Waals surface area (Å²) < 4.78 is 17.3. The summed E-state index contributed by atoms with van der Waals surface area (Å²) in [4.78, 5) is 2.52. The van der Waals surface area contributed by atoms with E-state index in [1.165, 1.54) is 11.1 Å². The molecule has 1 saturated heterocycles. The van der Waals surface area contributed by atoms with E-state index >= 15 is 0 Å². The van der Waals surface area contributed by atoms with E-state index in [9.17, 15) is 5.11 Å². The molecule has 0 bridgehead atoms. The van der Waals surface area contributed by atoms with Crippen molar-refractivity contribution >= 4 is 0 Å². The third-order valence-electron chi connectivity index (χ3n) is 8.12. The van der Waals surface area contributed by atoms with Crippen molar-refractivity contribution in [3.05, 3.63) is 23.3 Å². The Bertz CT molecular complexity index is 921. The van der Waals surface area contributed by atoms with Crippen LogP contribution in [0.25, 0.3) is 0 Å². The maximum absolute atomic E-state index is 11.9. The summed E-state index contributed by atoms with van der Waals surface area (Å²) in [6, 6.07) is 4.30. The van der Waals surface area contributed by atoms with E-state index in [1.54, 1.807) is 14.2 Å². The first-order valence-corrected chi connectivity index (χ1v) is 12.7. The Kier molecular flexibility index (Phi) is 7.97. The van der Waals surface area contributed by atoms with Crippen LogP contribution in [0.4, 0.5) is 0 Å². The van der Waals surface area contributed by atoms with Gasteiger partial charge in [-0.2, -0.15) is 0 Å². The zero-order valence-electron chi connectivity index (χ0n) is 22.7. The molecule has 0 amide bonds. The van der Waals surface area contributed by atoms with Gasteiger partial charge in [-0.25, -0.2) is 0 Å². The molecular formula is C29H45NO4. The summed E-state index contributed by atoms with van der Waals surface area (Å²) in [6.45, 7) is 17.3. The Labute approximate surface area is 207 Å². The minimum absolute atomic E-state index is 0.00300. The average molecular weight is 472 g/mol. The monoisotopic (exact) mass is 471 g/mol. The fourth-order valence-electron chi connectivity index (χ4n) is 5.05. The van der Waals surface area contributed by atoms with Gasteiger partial charge in [0.25, 0.3) is 0 Å². The van der Waals surface area contributed by atoms with Crippen molar-refractivity contribution in [2.45, 2.75) is 85.0 Å². The first-order chi connectivity index (χ1) is 15.8. The van der Waals surface area contributed by atoms with Crippen molar-refractivity contribution in [2.75, 3.05) is 33.9 Å². The van der Waals surface area contributed by atoms with Gasteiger partial charge in [-0.3, -0.25) is 4.90 Å². The van der Waals surface area contributed by atoms with Crippen LogP contribution >= 0.6 is 0 Å². The number of piperidine rings is 1. The van der Waals surface area contributed by atoms with Crippen molar-refractivity contribution < 1.29 is 19.3 Å². The topological polar surface area (TPSA) is 51.2 Å². The lowest BCUT2D eigenvalue weighted by Gasteiger charge is -2.50. The molecule has 2 aliphatic rings. The maximum atomic E-state index is 11.9. The van der Waals surface area contributed by atoms with Gasteiger partial charge in [-0.15, -0.1) is 0 Å². The van der Waals surface area contributed by atoms with Crippen LogP contribution in [-0.4, -0.2) is 55.1 Å². The van der Waals surface area contributed by atoms with E-state index in [0.29, 0.717) is 18.9 Å². The third-order valence-corrected chi connectivity index (χ3v) is 8.12.